The summed E-state index contributed by atoms with van der Waals surface area (Å²) in [5.41, 5.74) is 0. The highest BCUT2D eigenvalue weighted by Crippen LogP contribution is 2.33. The van der Waals surface area contributed by atoms with E-state index in [0.29, 0.717) is 0 Å². The van der Waals surface area contributed by atoms with Gasteiger partial charge >= 0.3 is 0 Å². The molecule has 0 unspecified atom stereocenters. The number of carbonyl (C=O) groups is 1. The summed E-state index contributed by atoms with van der Waals surface area (Å²) in [5, 5.41) is 0. The molecule has 1 aromatic heterocycles. The zero-order valence-corrected chi connectivity index (χ0v) is 12.8. The number of rotatable bonds is 1. The molecule has 0 aromatic carbocycles. The van der Waals surface area contributed by atoms with Gasteiger partial charge in [0.05, 0.1) is 8.66 Å². The summed E-state index contributed by atoms with van der Waals surface area (Å²) in [6, 6.07) is 1.90. The molecule has 88 valence electrons. The van der Waals surface area contributed by atoms with Gasteiger partial charge in [0.25, 0.3) is 5.91 Å². The largest absolute Gasteiger partial charge is 0.338 e. The van der Waals surface area contributed by atoms with E-state index < -0.39 is 0 Å². The van der Waals surface area contributed by atoms with Crippen molar-refractivity contribution >= 4 is 49.1 Å². The van der Waals surface area contributed by atoms with Crippen molar-refractivity contribution in [3.63, 3.8) is 0 Å². The van der Waals surface area contributed by atoms with E-state index in [-0.39, 0.29) is 5.91 Å². The van der Waals surface area contributed by atoms with Crippen LogP contribution in [-0.4, -0.2) is 23.9 Å². The van der Waals surface area contributed by atoms with Gasteiger partial charge in [-0.1, -0.05) is 12.8 Å². The smallest absolute Gasteiger partial charge is 0.263 e. The quantitative estimate of drug-likeness (QED) is 0.725. The second kappa shape index (κ2) is 5.65. The van der Waals surface area contributed by atoms with Gasteiger partial charge in [-0.05, 0) is 50.8 Å². The highest BCUT2D eigenvalue weighted by molar-refractivity contribution is 9.13. The van der Waals surface area contributed by atoms with Crippen LogP contribution in [0.15, 0.2) is 14.3 Å². The Morgan fingerprint density at radius 3 is 2.31 bits per heavy atom. The van der Waals surface area contributed by atoms with Crippen LogP contribution in [0.1, 0.15) is 35.4 Å². The lowest BCUT2D eigenvalue weighted by molar-refractivity contribution is 0.0766. The molecule has 1 aliphatic rings. The van der Waals surface area contributed by atoms with Crippen molar-refractivity contribution in [2.75, 3.05) is 13.1 Å². The molecule has 1 aromatic rings. The molecule has 0 bridgehead atoms. The van der Waals surface area contributed by atoms with Crippen LogP contribution in [0.5, 0.6) is 0 Å². The molecular weight excluding hydrogens is 354 g/mol. The standard InChI is InChI=1S/C11H13Br2NOS/c12-8-7-9(16-10(8)13)11(15)14-5-3-1-2-4-6-14/h7H,1-6H2. The fourth-order valence-corrected chi connectivity index (χ4v) is 3.89. The molecule has 1 fully saturated rings. The first-order valence-corrected chi connectivity index (χ1v) is 7.83. The summed E-state index contributed by atoms with van der Waals surface area (Å²) < 4.78 is 1.96. The first-order valence-electron chi connectivity index (χ1n) is 5.42. The van der Waals surface area contributed by atoms with Gasteiger partial charge in [0.1, 0.15) is 0 Å². The van der Waals surface area contributed by atoms with E-state index in [1.165, 1.54) is 24.2 Å². The van der Waals surface area contributed by atoms with Crippen LogP contribution in [0.4, 0.5) is 0 Å². The molecule has 0 aliphatic carbocycles. The van der Waals surface area contributed by atoms with Crippen molar-refractivity contribution in [3.05, 3.63) is 19.2 Å². The highest BCUT2D eigenvalue weighted by Gasteiger charge is 2.19. The molecule has 0 atom stereocenters. The van der Waals surface area contributed by atoms with Gasteiger partial charge < -0.3 is 4.90 Å². The summed E-state index contributed by atoms with van der Waals surface area (Å²) in [7, 11) is 0. The molecule has 0 spiro atoms. The van der Waals surface area contributed by atoms with Crippen LogP contribution in [0.3, 0.4) is 0 Å². The molecule has 0 saturated carbocycles. The van der Waals surface area contributed by atoms with E-state index in [1.807, 2.05) is 11.0 Å². The molecule has 0 N–H and O–H groups in total. The van der Waals surface area contributed by atoms with Crippen molar-refractivity contribution in [2.45, 2.75) is 25.7 Å². The fourth-order valence-electron chi connectivity index (χ4n) is 1.88. The van der Waals surface area contributed by atoms with E-state index in [9.17, 15) is 4.79 Å². The van der Waals surface area contributed by atoms with Crippen LogP contribution < -0.4 is 0 Å². The van der Waals surface area contributed by atoms with Crippen molar-refractivity contribution < 1.29 is 4.79 Å². The van der Waals surface area contributed by atoms with Gasteiger partial charge in [-0.25, -0.2) is 0 Å². The molecule has 2 nitrogen and oxygen atoms in total. The zero-order chi connectivity index (χ0) is 11.5. The molecule has 16 heavy (non-hydrogen) atoms. The van der Waals surface area contributed by atoms with Gasteiger partial charge in [-0.2, -0.15) is 0 Å². The van der Waals surface area contributed by atoms with Crippen molar-refractivity contribution in [1.29, 1.82) is 0 Å². The minimum atomic E-state index is 0.179. The lowest BCUT2D eigenvalue weighted by Gasteiger charge is -2.19. The van der Waals surface area contributed by atoms with E-state index in [0.717, 1.165) is 39.1 Å². The Morgan fingerprint density at radius 1 is 1.19 bits per heavy atom. The Kier molecular flexibility index (Phi) is 4.44. The highest BCUT2D eigenvalue weighted by atomic mass is 79.9. The van der Waals surface area contributed by atoms with E-state index >= 15 is 0 Å². The number of amides is 1. The lowest BCUT2D eigenvalue weighted by Crippen LogP contribution is -2.31. The lowest BCUT2D eigenvalue weighted by atomic mass is 10.2. The maximum atomic E-state index is 12.2. The number of likely N-dealkylation sites (tertiary alicyclic amines) is 1. The monoisotopic (exact) mass is 365 g/mol. The van der Waals surface area contributed by atoms with Crippen LogP contribution in [0.2, 0.25) is 0 Å². The van der Waals surface area contributed by atoms with Gasteiger partial charge in [0.2, 0.25) is 0 Å². The molecule has 1 saturated heterocycles. The Hall–Kier alpha value is 0.130. The zero-order valence-electron chi connectivity index (χ0n) is 8.84. The van der Waals surface area contributed by atoms with Gasteiger partial charge in [0, 0.05) is 17.6 Å². The first kappa shape index (κ1) is 12.6. The summed E-state index contributed by atoms with van der Waals surface area (Å²) in [6.45, 7) is 1.82. The van der Waals surface area contributed by atoms with Gasteiger partial charge in [-0.15, -0.1) is 11.3 Å². The number of hydrogen-bond donors (Lipinski definition) is 0. The Morgan fingerprint density at radius 2 is 1.81 bits per heavy atom. The van der Waals surface area contributed by atoms with Gasteiger partial charge in [0.15, 0.2) is 0 Å². The second-order valence-electron chi connectivity index (χ2n) is 3.94. The summed E-state index contributed by atoms with van der Waals surface area (Å²) >= 11 is 8.34. The van der Waals surface area contributed by atoms with Crippen LogP contribution in [0, 0.1) is 0 Å². The minimum Gasteiger partial charge on any atom is -0.338 e. The molecule has 1 amide bonds. The second-order valence-corrected chi connectivity index (χ2v) is 7.16. The number of halogens is 2. The SMILES string of the molecule is O=C(c1cc(Br)c(Br)s1)N1CCCCCC1. The number of nitrogens with zero attached hydrogens (tertiary/aromatic N) is 1. The van der Waals surface area contributed by atoms with Crippen LogP contribution >= 0.6 is 43.2 Å². The van der Waals surface area contributed by atoms with Crippen LogP contribution in [-0.2, 0) is 0 Å². The third-order valence-corrected chi connectivity index (χ3v) is 5.99. The Balaban J connectivity index is 2.11. The molecule has 1 aliphatic heterocycles. The van der Waals surface area contributed by atoms with Crippen molar-refractivity contribution in [1.82, 2.24) is 4.90 Å². The Bertz CT molecular complexity index is 364. The fraction of sp³-hybridized carbons (Fsp3) is 0.545. The number of carbonyl (C=O) groups excluding carboxylic acids is 1. The average molecular weight is 367 g/mol. The van der Waals surface area contributed by atoms with Crippen molar-refractivity contribution in [2.24, 2.45) is 0 Å². The number of hydrogen-bond acceptors (Lipinski definition) is 2. The predicted molar refractivity (Wildman–Crippen MR) is 74.1 cm³/mol. The minimum absolute atomic E-state index is 0.179. The summed E-state index contributed by atoms with van der Waals surface area (Å²) in [6.07, 6.45) is 4.78. The molecule has 2 rings (SSSR count). The topological polar surface area (TPSA) is 20.3 Å². The third-order valence-electron chi connectivity index (χ3n) is 2.75. The summed E-state index contributed by atoms with van der Waals surface area (Å²) in [5.74, 6) is 0.179. The molecule has 0 radical (unpaired) electrons. The Labute approximate surface area is 116 Å². The van der Waals surface area contributed by atoms with E-state index in [2.05, 4.69) is 31.9 Å². The molecule has 2 heterocycles. The normalized spacial score (nSPS) is 17.2. The third kappa shape index (κ3) is 2.87. The first-order chi connectivity index (χ1) is 7.68. The maximum Gasteiger partial charge on any atom is 0.263 e. The van der Waals surface area contributed by atoms with Gasteiger partial charge in [-0.3, -0.25) is 4.79 Å². The average Bonchev–Trinajstić information content (AvgIpc) is 2.51. The maximum absolute atomic E-state index is 12.2. The van der Waals surface area contributed by atoms with Crippen molar-refractivity contribution in [3.8, 4) is 0 Å². The van der Waals surface area contributed by atoms with E-state index in [4.69, 9.17) is 0 Å². The molecule has 5 heteroatoms. The van der Waals surface area contributed by atoms with Crippen LogP contribution in [0.25, 0.3) is 0 Å². The number of thiophene rings is 1. The molecular formula is C11H13Br2NOS. The summed E-state index contributed by atoms with van der Waals surface area (Å²) in [4.78, 5) is 15.0. The predicted octanol–water partition coefficient (Wildman–Crippen LogP) is 4.29. The van der Waals surface area contributed by atoms with E-state index in [1.54, 1.807) is 0 Å².